The Hall–Kier alpha value is -3.40. The SMILES string of the molecule is C\C=C(/C=N/C(=C/CCC)C(F)(F)F)CNc1ncnc2c(OC)cc(-n3cc(Cl)cn3)cc12. The molecular formula is C23H24ClF3N6O. The number of nitrogens with zero attached hydrogens (tertiary/aromatic N) is 5. The van der Waals surface area contributed by atoms with Gasteiger partial charge in [0.25, 0.3) is 0 Å². The van der Waals surface area contributed by atoms with E-state index in [0.29, 0.717) is 51.6 Å². The first-order chi connectivity index (χ1) is 16.3. The van der Waals surface area contributed by atoms with Gasteiger partial charge in [-0.2, -0.15) is 18.3 Å². The Balaban J connectivity index is 1.89. The molecule has 180 valence electrons. The number of hydrogen-bond acceptors (Lipinski definition) is 6. The average Bonchev–Trinajstić information content (AvgIpc) is 3.25. The zero-order valence-corrected chi connectivity index (χ0v) is 19.7. The second-order valence-corrected chi connectivity index (χ2v) is 7.66. The normalized spacial score (nSPS) is 13.1. The van der Waals surface area contributed by atoms with Crippen LogP contribution in [0.25, 0.3) is 16.6 Å². The molecule has 2 heterocycles. The second-order valence-electron chi connectivity index (χ2n) is 7.22. The van der Waals surface area contributed by atoms with E-state index in [1.807, 2.05) is 13.0 Å². The van der Waals surface area contributed by atoms with Gasteiger partial charge in [-0.15, -0.1) is 0 Å². The summed E-state index contributed by atoms with van der Waals surface area (Å²) in [5.41, 5.74) is 0.895. The Morgan fingerprint density at radius 2 is 2.09 bits per heavy atom. The van der Waals surface area contributed by atoms with Crippen LogP contribution in [0.2, 0.25) is 5.02 Å². The highest BCUT2D eigenvalue weighted by Gasteiger charge is 2.33. The predicted molar refractivity (Wildman–Crippen MR) is 128 cm³/mol. The lowest BCUT2D eigenvalue weighted by Crippen LogP contribution is -2.12. The zero-order valence-electron chi connectivity index (χ0n) is 18.9. The van der Waals surface area contributed by atoms with Crippen molar-refractivity contribution in [2.24, 2.45) is 4.99 Å². The molecule has 0 saturated carbocycles. The summed E-state index contributed by atoms with van der Waals surface area (Å²) in [4.78, 5) is 12.3. The Kier molecular flexibility index (Phi) is 8.27. The van der Waals surface area contributed by atoms with Crippen LogP contribution in [0.15, 0.2) is 59.3 Å². The number of rotatable bonds is 9. The molecule has 34 heavy (non-hydrogen) atoms. The third-order valence-electron chi connectivity index (χ3n) is 4.84. The van der Waals surface area contributed by atoms with Crippen molar-refractivity contribution >= 4 is 34.5 Å². The quantitative estimate of drug-likeness (QED) is 0.362. The molecule has 3 aromatic rings. The first-order valence-electron chi connectivity index (χ1n) is 10.5. The third kappa shape index (κ3) is 6.13. The third-order valence-corrected chi connectivity index (χ3v) is 5.04. The van der Waals surface area contributed by atoms with Crippen molar-refractivity contribution in [3.8, 4) is 11.4 Å². The smallest absolute Gasteiger partial charge is 0.433 e. The first-order valence-corrected chi connectivity index (χ1v) is 10.9. The number of hydrogen-bond donors (Lipinski definition) is 1. The largest absolute Gasteiger partial charge is 0.494 e. The number of anilines is 1. The van der Waals surface area contributed by atoms with Gasteiger partial charge in [0.1, 0.15) is 29.1 Å². The highest BCUT2D eigenvalue weighted by Crippen LogP contribution is 2.31. The minimum Gasteiger partial charge on any atom is -0.494 e. The van der Waals surface area contributed by atoms with Gasteiger partial charge >= 0.3 is 6.18 Å². The van der Waals surface area contributed by atoms with Crippen LogP contribution in [0.3, 0.4) is 0 Å². The Bertz CT molecular complexity index is 1230. The van der Waals surface area contributed by atoms with Crippen LogP contribution in [-0.2, 0) is 0 Å². The molecule has 0 bridgehead atoms. The molecule has 0 aliphatic rings. The predicted octanol–water partition coefficient (Wildman–Crippen LogP) is 6.15. The van der Waals surface area contributed by atoms with Gasteiger partial charge in [-0.1, -0.05) is 37.1 Å². The van der Waals surface area contributed by atoms with Crippen molar-refractivity contribution < 1.29 is 17.9 Å². The fourth-order valence-corrected chi connectivity index (χ4v) is 3.21. The number of alkyl halides is 3. The lowest BCUT2D eigenvalue weighted by molar-refractivity contribution is -0.0925. The van der Waals surface area contributed by atoms with Crippen molar-refractivity contribution in [1.82, 2.24) is 19.7 Å². The van der Waals surface area contributed by atoms with Gasteiger partial charge in [-0.25, -0.2) is 14.6 Å². The standard InChI is InChI=1S/C23H24ClF3N6O/c1-4-6-7-20(23(25,26)27)28-10-15(5-2)11-29-22-18-8-17(33-13-16(24)12-32-33)9-19(34-3)21(18)30-14-31-22/h5,7-10,12-14H,4,6,11H2,1-3H3,(H,29,30,31)/b15-5+,20-7+,28-10+. The molecule has 0 aliphatic heterocycles. The monoisotopic (exact) mass is 492 g/mol. The highest BCUT2D eigenvalue weighted by atomic mass is 35.5. The second kappa shape index (κ2) is 11.1. The van der Waals surface area contributed by atoms with E-state index in [4.69, 9.17) is 16.3 Å². The van der Waals surface area contributed by atoms with Gasteiger partial charge in [-0.05, 0) is 25.0 Å². The Morgan fingerprint density at radius 1 is 1.29 bits per heavy atom. The first kappa shape index (κ1) is 25.2. The summed E-state index contributed by atoms with van der Waals surface area (Å²) in [5, 5.41) is 8.49. The number of nitrogens with one attached hydrogen (secondary N) is 1. The molecule has 0 atom stereocenters. The van der Waals surface area contributed by atoms with Crippen molar-refractivity contribution in [2.45, 2.75) is 32.9 Å². The molecule has 0 saturated heterocycles. The minimum atomic E-state index is -4.51. The average molecular weight is 493 g/mol. The van der Waals surface area contributed by atoms with E-state index in [0.717, 1.165) is 6.08 Å². The molecule has 1 aromatic carbocycles. The van der Waals surface area contributed by atoms with Crippen molar-refractivity contribution in [3.63, 3.8) is 0 Å². The number of aliphatic imine (C=N–C) groups is 1. The zero-order chi connectivity index (χ0) is 24.7. The molecular weight excluding hydrogens is 469 g/mol. The Morgan fingerprint density at radius 3 is 2.71 bits per heavy atom. The number of fused-ring (bicyclic) bond motifs is 1. The van der Waals surface area contributed by atoms with Crippen molar-refractivity contribution in [1.29, 1.82) is 0 Å². The molecule has 0 spiro atoms. The van der Waals surface area contributed by atoms with Crippen LogP contribution in [0.4, 0.5) is 19.0 Å². The summed E-state index contributed by atoms with van der Waals surface area (Å²) in [6.07, 6.45) is 4.94. The van der Waals surface area contributed by atoms with E-state index in [9.17, 15) is 13.2 Å². The van der Waals surface area contributed by atoms with E-state index in [-0.39, 0.29) is 6.54 Å². The van der Waals surface area contributed by atoms with Crippen LogP contribution < -0.4 is 10.1 Å². The van der Waals surface area contributed by atoms with Crippen LogP contribution in [0, 0.1) is 0 Å². The van der Waals surface area contributed by atoms with Gasteiger partial charge in [0.15, 0.2) is 0 Å². The maximum atomic E-state index is 13.2. The number of ether oxygens (including phenoxy) is 1. The van der Waals surface area contributed by atoms with Gasteiger partial charge < -0.3 is 10.1 Å². The highest BCUT2D eigenvalue weighted by molar-refractivity contribution is 6.30. The van der Waals surface area contributed by atoms with E-state index >= 15 is 0 Å². The van der Waals surface area contributed by atoms with Crippen molar-refractivity contribution in [3.05, 3.63) is 59.3 Å². The molecule has 0 aliphatic carbocycles. The van der Waals surface area contributed by atoms with Crippen LogP contribution in [-0.4, -0.2) is 45.8 Å². The van der Waals surface area contributed by atoms with E-state index in [2.05, 4.69) is 25.4 Å². The van der Waals surface area contributed by atoms with E-state index in [1.54, 1.807) is 29.9 Å². The summed E-state index contributed by atoms with van der Waals surface area (Å²) in [6, 6.07) is 3.59. The summed E-state index contributed by atoms with van der Waals surface area (Å²) in [6.45, 7) is 3.74. The lowest BCUT2D eigenvalue weighted by Gasteiger charge is -2.13. The molecule has 7 nitrogen and oxygen atoms in total. The van der Waals surface area contributed by atoms with Crippen molar-refractivity contribution in [2.75, 3.05) is 19.0 Å². The fraction of sp³-hybridized carbons (Fsp3) is 0.304. The minimum absolute atomic E-state index is 0.200. The molecule has 0 radical (unpaired) electrons. The summed E-state index contributed by atoms with van der Waals surface area (Å²) in [7, 11) is 1.53. The number of aromatic nitrogens is 4. The Labute approximate surface area is 200 Å². The number of methoxy groups -OCH3 is 1. The summed E-state index contributed by atoms with van der Waals surface area (Å²) in [5.74, 6) is 0.988. The molecule has 11 heteroatoms. The fourth-order valence-electron chi connectivity index (χ4n) is 3.07. The maximum Gasteiger partial charge on any atom is 0.433 e. The maximum absolute atomic E-state index is 13.2. The molecule has 2 aromatic heterocycles. The van der Waals surface area contributed by atoms with E-state index in [1.165, 1.54) is 25.8 Å². The number of unbranched alkanes of at least 4 members (excludes halogenated alkanes) is 1. The van der Waals surface area contributed by atoms with Crippen LogP contribution >= 0.6 is 11.6 Å². The van der Waals surface area contributed by atoms with Crippen LogP contribution in [0.1, 0.15) is 26.7 Å². The number of halogens is 4. The summed E-state index contributed by atoms with van der Waals surface area (Å²) < 4.78 is 46.7. The molecule has 0 fully saturated rings. The lowest BCUT2D eigenvalue weighted by atomic mass is 10.2. The van der Waals surface area contributed by atoms with Gasteiger partial charge in [0.05, 0.1) is 24.0 Å². The number of benzene rings is 1. The molecule has 0 amide bonds. The summed E-state index contributed by atoms with van der Waals surface area (Å²) >= 11 is 6.00. The number of allylic oxidation sites excluding steroid dienone is 3. The molecule has 3 rings (SSSR count). The van der Waals surface area contributed by atoms with Gasteiger partial charge in [0.2, 0.25) is 0 Å². The molecule has 1 N–H and O–H groups in total. The topological polar surface area (TPSA) is 77.2 Å². The van der Waals surface area contributed by atoms with Crippen LogP contribution in [0.5, 0.6) is 5.75 Å². The van der Waals surface area contributed by atoms with Gasteiger partial charge in [0, 0.05) is 30.4 Å². The van der Waals surface area contributed by atoms with Gasteiger partial charge in [-0.3, -0.25) is 4.99 Å². The van der Waals surface area contributed by atoms with E-state index < -0.39 is 11.9 Å². The molecule has 0 unspecified atom stereocenters.